The molecule has 0 aromatic heterocycles. The zero-order valence-corrected chi connectivity index (χ0v) is 17.7. The highest BCUT2D eigenvalue weighted by Gasteiger charge is 2.15. The summed E-state index contributed by atoms with van der Waals surface area (Å²) in [6, 6.07) is 10.5. The number of ether oxygens (including phenoxy) is 2. The number of nitriles is 1. The van der Waals surface area contributed by atoms with E-state index >= 15 is 0 Å². The van der Waals surface area contributed by atoms with E-state index in [9.17, 15) is 14.9 Å². The predicted molar refractivity (Wildman–Crippen MR) is 112 cm³/mol. The minimum absolute atomic E-state index is 0.101. The molecule has 0 spiro atoms. The number of aryl methyl sites for hydroxylation is 2. The number of halogens is 1. The van der Waals surface area contributed by atoms with Crippen LogP contribution in [0.15, 0.2) is 40.4 Å². The Morgan fingerprint density at radius 2 is 1.97 bits per heavy atom. The second-order valence-corrected chi connectivity index (χ2v) is 6.99. The molecule has 2 rings (SSSR count). The average Bonchev–Trinajstić information content (AvgIpc) is 2.67. The number of carboxylic acids is 1. The van der Waals surface area contributed by atoms with Crippen molar-refractivity contribution in [1.29, 1.82) is 5.26 Å². The number of aliphatic carboxylic acids is 1. The molecule has 7 nitrogen and oxygen atoms in total. The highest BCUT2D eigenvalue weighted by molar-refractivity contribution is 9.10. The lowest BCUT2D eigenvalue weighted by Gasteiger charge is -2.12. The number of carboxylic acid groups (broad SMARTS) is 1. The zero-order valence-electron chi connectivity index (χ0n) is 16.1. The van der Waals surface area contributed by atoms with Crippen LogP contribution >= 0.6 is 15.9 Å². The SMILES string of the molecule is COc1cc(/C=C(\C#N)C(=O)Nc2ccc(C)c(C)c2)cc(Br)c1OCC(=O)O. The normalized spacial score (nSPS) is 10.8. The Morgan fingerprint density at radius 3 is 2.55 bits per heavy atom. The van der Waals surface area contributed by atoms with E-state index in [-0.39, 0.29) is 17.1 Å². The van der Waals surface area contributed by atoms with Crippen LogP contribution < -0.4 is 14.8 Å². The molecule has 29 heavy (non-hydrogen) atoms. The van der Waals surface area contributed by atoms with Crippen molar-refractivity contribution >= 4 is 39.6 Å². The molecule has 0 atom stereocenters. The molecule has 0 aliphatic carbocycles. The fraction of sp³-hybridized carbons (Fsp3) is 0.190. The Morgan fingerprint density at radius 1 is 1.24 bits per heavy atom. The highest BCUT2D eigenvalue weighted by atomic mass is 79.9. The van der Waals surface area contributed by atoms with E-state index in [2.05, 4.69) is 21.2 Å². The lowest BCUT2D eigenvalue weighted by atomic mass is 10.1. The van der Waals surface area contributed by atoms with Gasteiger partial charge in [0.2, 0.25) is 0 Å². The van der Waals surface area contributed by atoms with Gasteiger partial charge in [0, 0.05) is 5.69 Å². The topological polar surface area (TPSA) is 109 Å². The summed E-state index contributed by atoms with van der Waals surface area (Å²) < 4.78 is 10.9. The number of benzene rings is 2. The molecular weight excluding hydrogens is 440 g/mol. The van der Waals surface area contributed by atoms with Crippen molar-refractivity contribution in [3.8, 4) is 17.6 Å². The van der Waals surface area contributed by atoms with Crippen molar-refractivity contribution in [1.82, 2.24) is 0 Å². The summed E-state index contributed by atoms with van der Waals surface area (Å²) in [5, 5.41) is 20.9. The smallest absolute Gasteiger partial charge is 0.341 e. The molecule has 2 aromatic carbocycles. The molecule has 1 amide bonds. The van der Waals surface area contributed by atoms with Crippen molar-refractivity contribution < 1.29 is 24.2 Å². The van der Waals surface area contributed by atoms with Crippen LogP contribution in [0.3, 0.4) is 0 Å². The van der Waals surface area contributed by atoms with Gasteiger partial charge in [-0.1, -0.05) is 6.07 Å². The summed E-state index contributed by atoms with van der Waals surface area (Å²) in [5.41, 5.74) is 3.12. The van der Waals surface area contributed by atoms with Gasteiger partial charge in [-0.05, 0) is 76.8 Å². The molecule has 2 aromatic rings. The van der Waals surface area contributed by atoms with Gasteiger partial charge in [0.15, 0.2) is 18.1 Å². The Balaban J connectivity index is 2.30. The first-order chi connectivity index (χ1) is 13.7. The maximum Gasteiger partial charge on any atom is 0.341 e. The third kappa shape index (κ3) is 5.83. The lowest BCUT2D eigenvalue weighted by Crippen LogP contribution is -2.13. The van der Waals surface area contributed by atoms with Gasteiger partial charge in [0.05, 0.1) is 11.6 Å². The number of methoxy groups -OCH3 is 1. The third-order valence-corrected chi connectivity index (χ3v) is 4.62. The molecular formula is C21H19BrN2O5. The third-order valence-electron chi connectivity index (χ3n) is 4.03. The first-order valence-electron chi connectivity index (χ1n) is 8.47. The number of anilines is 1. The van der Waals surface area contributed by atoms with Gasteiger partial charge in [0.25, 0.3) is 5.91 Å². The largest absolute Gasteiger partial charge is 0.493 e. The van der Waals surface area contributed by atoms with Gasteiger partial charge in [-0.15, -0.1) is 0 Å². The quantitative estimate of drug-likeness (QED) is 0.477. The first-order valence-corrected chi connectivity index (χ1v) is 9.27. The van der Waals surface area contributed by atoms with Crippen LogP contribution in [0, 0.1) is 25.2 Å². The van der Waals surface area contributed by atoms with Crippen LogP contribution in [0.1, 0.15) is 16.7 Å². The summed E-state index contributed by atoms with van der Waals surface area (Å²) in [4.78, 5) is 23.2. The summed E-state index contributed by atoms with van der Waals surface area (Å²) in [6.07, 6.45) is 1.41. The van der Waals surface area contributed by atoms with Gasteiger partial charge < -0.3 is 19.9 Å². The molecule has 0 aliphatic rings. The second kappa shape index (κ2) is 9.75. The number of hydrogen-bond donors (Lipinski definition) is 2. The van der Waals surface area contributed by atoms with E-state index in [0.29, 0.717) is 15.7 Å². The minimum atomic E-state index is -1.13. The summed E-state index contributed by atoms with van der Waals surface area (Å²) in [5.74, 6) is -1.20. The molecule has 8 heteroatoms. The molecule has 0 saturated carbocycles. The number of nitrogens with zero attached hydrogens (tertiary/aromatic N) is 1. The predicted octanol–water partition coefficient (Wildman–Crippen LogP) is 4.08. The monoisotopic (exact) mass is 458 g/mol. The van der Waals surface area contributed by atoms with Crippen molar-refractivity contribution in [3.05, 3.63) is 57.1 Å². The van der Waals surface area contributed by atoms with Crippen LogP contribution in [0.4, 0.5) is 5.69 Å². The van der Waals surface area contributed by atoms with Crippen LogP contribution in [0.2, 0.25) is 0 Å². The van der Waals surface area contributed by atoms with Gasteiger partial charge in [-0.3, -0.25) is 4.79 Å². The second-order valence-electron chi connectivity index (χ2n) is 6.14. The Bertz CT molecular complexity index is 1020. The minimum Gasteiger partial charge on any atom is -0.493 e. The van der Waals surface area contributed by atoms with Crippen molar-refractivity contribution in [2.24, 2.45) is 0 Å². The number of carbonyl (C=O) groups is 2. The number of amides is 1. The highest BCUT2D eigenvalue weighted by Crippen LogP contribution is 2.37. The number of carbonyl (C=O) groups excluding carboxylic acids is 1. The number of hydrogen-bond acceptors (Lipinski definition) is 5. The fourth-order valence-corrected chi connectivity index (χ4v) is 3.00. The van der Waals surface area contributed by atoms with Crippen LogP contribution in [-0.2, 0) is 9.59 Å². The Labute approximate surface area is 176 Å². The van der Waals surface area contributed by atoms with E-state index in [1.165, 1.54) is 13.2 Å². The Kier molecular flexibility index (Phi) is 7.39. The molecule has 2 N–H and O–H groups in total. The van der Waals surface area contributed by atoms with E-state index in [1.807, 2.05) is 32.0 Å². The van der Waals surface area contributed by atoms with Crippen molar-refractivity contribution in [3.63, 3.8) is 0 Å². The van der Waals surface area contributed by atoms with Gasteiger partial charge in [-0.25, -0.2) is 4.79 Å². The standard InChI is InChI=1S/C21H19BrN2O5/c1-12-4-5-16(6-13(12)2)24-21(27)15(10-23)7-14-8-17(22)20(18(9-14)28-3)29-11-19(25)26/h4-9H,11H2,1-3H3,(H,24,27)(H,25,26)/b15-7+. The molecule has 0 aliphatic heterocycles. The van der Waals surface area contributed by atoms with E-state index in [0.717, 1.165) is 11.1 Å². The molecule has 0 unspecified atom stereocenters. The molecule has 0 saturated heterocycles. The molecule has 0 fully saturated rings. The Hall–Kier alpha value is -3.31. The van der Waals surface area contributed by atoms with Crippen molar-refractivity contribution in [2.75, 3.05) is 19.0 Å². The fourth-order valence-electron chi connectivity index (χ4n) is 2.43. The van der Waals surface area contributed by atoms with Crippen LogP contribution in [0.5, 0.6) is 11.5 Å². The molecule has 0 bridgehead atoms. The molecule has 0 heterocycles. The average molecular weight is 459 g/mol. The van der Waals surface area contributed by atoms with Gasteiger partial charge >= 0.3 is 5.97 Å². The summed E-state index contributed by atoms with van der Waals surface area (Å²) in [7, 11) is 1.40. The van der Waals surface area contributed by atoms with Crippen LogP contribution in [-0.4, -0.2) is 30.7 Å². The number of nitrogens with one attached hydrogen (secondary N) is 1. The van der Waals surface area contributed by atoms with Crippen LogP contribution in [0.25, 0.3) is 6.08 Å². The molecule has 150 valence electrons. The van der Waals surface area contributed by atoms with E-state index in [4.69, 9.17) is 14.6 Å². The summed E-state index contributed by atoms with van der Waals surface area (Å²) in [6.45, 7) is 3.37. The first kappa shape index (κ1) is 22.0. The lowest BCUT2D eigenvalue weighted by molar-refractivity contribution is -0.139. The van der Waals surface area contributed by atoms with Crippen molar-refractivity contribution in [2.45, 2.75) is 13.8 Å². The van der Waals surface area contributed by atoms with Gasteiger partial charge in [-0.2, -0.15) is 5.26 Å². The maximum absolute atomic E-state index is 12.5. The number of rotatable bonds is 7. The van der Waals surface area contributed by atoms with E-state index in [1.54, 1.807) is 18.2 Å². The van der Waals surface area contributed by atoms with Gasteiger partial charge in [0.1, 0.15) is 11.6 Å². The molecule has 0 radical (unpaired) electrons. The zero-order chi connectivity index (χ0) is 21.6. The summed E-state index contributed by atoms with van der Waals surface area (Å²) >= 11 is 3.30. The maximum atomic E-state index is 12.5. The van der Waals surface area contributed by atoms with E-state index < -0.39 is 18.5 Å².